The van der Waals surface area contributed by atoms with Crippen LogP contribution < -0.4 is 19.1 Å². The highest BCUT2D eigenvalue weighted by molar-refractivity contribution is 8.00. The number of anilines is 1. The van der Waals surface area contributed by atoms with Crippen molar-refractivity contribution >= 4 is 29.5 Å². The van der Waals surface area contributed by atoms with Crippen LogP contribution in [-0.2, 0) is 9.59 Å². The third-order valence-corrected chi connectivity index (χ3v) is 7.71. The van der Waals surface area contributed by atoms with Gasteiger partial charge in [-0.25, -0.2) is 4.68 Å². The van der Waals surface area contributed by atoms with Gasteiger partial charge in [-0.1, -0.05) is 36.4 Å². The summed E-state index contributed by atoms with van der Waals surface area (Å²) in [5.74, 6) is 0.861. The standard InChI is InChI=1S/C29H27N3O6S/c1-36-21-12-10-20(11-13-21)32-29-26(27(30-32)18-7-5-4-6-8-18)28(39-17-24(33)31(29)16-25(34)35)19-9-14-22(37-2)23(15-19)38-3/h4-15,28H,16-17H2,1-3H3,(H,34,35). The second kappa shape index (κ2) is 11.1. The van der Waals surface area contributed by atoms with Crippen molar-refractivity contribution in [3.05, 3.63) is 83.9 Å². The quantitative estimate of drug-likeness (QED) is 0.336. The Morgan fingerprint density at radius 1 is 0.974 bits per heavy atom. The number of methoxy groups -OCH3 is 3. The van der Waals surface area contributed by atoms with Crippen LogP contribution in [0.1, 0.15) is 16.4 Å². The summed E-state index contributed by atoms with van der Waals surface area (Å²) in [5, 5.41) is 14.4. The van der Waals surface area contributed by atoms with E-state index in [2.05, 4.69) is 0 Å². The van der Waals surface area contributed by atoms with Crippen LogP contribution in [0.25, 0.3) is 16.9 Å². The number of carboxylic acids is 1. The lowest BCUT2D eigenvalue weighted by Gasteiger charge is -2.22. The van der Waals surface area contributed by atoms with E-state index in [1.165, 1.54) is 16.7 Å². The molecule has 1 amide bonds. The average molecular weight is 546 g/mol. The minimum absolute atomic E-state index is 0.0812. The van der Waals surface area contributed by atoms with E-state index < -0.39 is 12.5 Å². The zero-order valence-corrected chi connectivity index (χ0v) is 22.5. The molecule has 2 heterocycles. The minimum Gasteiger partial charge on any atom is -0.497 e. The van der Waals surface area contributed by atoms with E-state index in [4.69, 9.17) is 19.3 Å². The van der Waals surface area contributed by atoms with Gasteiger partial charge in [0.25, 0.3) is 0 Å². The number of nitrogens with zero attached hydrogens (tertiary/aromatic N) is 3. The number of ether oxygens (including phenoxy) is 3. The molecule has 0 radical (unpaired) electrons. The first-order chi connectivity index (χ1) is 18.9. The van der Waals surface area contributed by atoms with Gasteiger partial charge >= 0.3 is 5.97 Å². The number of rotatable bonds is 8. The zero-order chi connectivity index (χ0) is 27.5. The maximum atomic E-state index is 13.5. The molecule has 0 saturated heterocycles. The van der Waals surface area contributed by atoms with Gasteiger partial charge in [-0.2, -0.15) is 5.10 Å². The Balaban J connectivity index is 1.82. The number of aromatic nitrogens is 2. The van der Waals surface area contributed by atoms with E-state index >= 15 is 0 Å². The van der Waals surface area contributed by atoms with E-state index in [-0.39, 0.29) is 16.9 Å². The third kappa shape index (κ3) is 5.03. The van der Waals surface area contributed by atoms with Gasteiger partial charge in [0.1, 0.15) is 18.1 Å². The molecule has 0 bridgehead atoms. The fourth-order valence-corrected chi connectivity index (χ4v) is 5.83. The molecule has 1 atom stereocenters. The molecule has 10 heteroatoms. The number of fused-ring (bicyclic) bond motifs is 1. The molecule has 9 nitrogen and oxygen atoms in total. The topological polar surface area (TPSA) is 103 Å². The molecule has 39 heavy (non-hydrogen) atoms. The van der Waals surface area contributed by atoms with Gasteiger partial charge in [0.2, 0.25) is 5.91 Å². The molecule has 0 aliphatic carbocycles. The van der Waals surface area contributed by atoms with Crippen molar-refractivity contribution in [2.45, 2.75) is 5.25 Å². The lowest BCUT2D eigenvalue weighted by atomic mass is 9.99. The first-order valence-corrected chi connectivity index (χ1v) is 13.2. The first kappa shape index (κ1) is 26.2. The molecule has 5 rings (SSSR count). The van der Waals surface area contributed by atoms with Crippen LogP contribution in [0, 0.1) is 0 Å². The molecule has 0 spiro atoms. The summed E-state index contributed by atoms with van der Waals surface area (Å²) in [4.78, 5) is 26.8. The summed E-state index contributed by atoms with van der Waals surface area (Å²) in [6.07, 6.45) is 0. The van der Waals surface area contributed by atoms with Gasteiger partial charge in [-0.3, -0.25) is 14.5 Å². The Morgan fingerprint density at radius 3 is 2.33 bits per heavy atom. The Bertz CT molecular complexity index is 1500. The van der Waals surface area contributed by atoms with Crippen LogP contribution in [0.15, 0.2) is 72.8 Å². The van der Waals surface area contributed by atoms with Crippen molar-refractivity contribution in [2.75, 3.05) is 38.5 Å². The highest BCUT2D eigenvalue weighted by Crippen LogP contribution is 2.49. The van der Waals surface area contributed by atoms with Gasteiger partial charge in [-0.05, 0) is 42.0 Å². The zero-order valence-electron chi connectivity index (χ0n) is 21.7. The maximum absolute atomic E-state index is 13.5. The van der Waals surface area contributed by atoms with Crippen molar-refractivity contribution < 1.29 is 28.9 Å². The van der Waals surface area contributed by atoms with E-state index in [9.17, 15) is 14.7 Å². The van der Waals surface area contributed by atoms with Gasteiger partial charge in [-0.15, -0.1) is 11.8 Å². The van der Waals surface area contributed by atoms with Gasteiger partial charge in [0.05, 0.1) is 43.7 Å². The molecule has 4 aromatic rings. The second-order valence-electron chi connectivity index (χ2n) is 8.74. The van der Waals surface area contributed by atoms with Crippen molar-refractivity contribution in [1.29, 1.82) is 0 Å². The molecule has 1 aromatic heterocycles. The predicted octanol–water partition coefficient (Wildman–Crippen LogP) is 4.82. The Labute approximate surface area is 229 Å². The fraction of sp³-hybridized carbons (Fsp3) is 0.207. The third-order valence-electron chi connectivity index (χ3n) is 6.46. The summed E-state index contributed by atoms with van der Waals surface area (Å²) in [6, 6.07) is 22.6. The number of hydrogen-bond donors (Lipinski definition) is 1. The summed E-state index contributed by atoms with van der Waals surface area (Å²) in [6.45, 7) is -0.499. The number of amides is 1. The summed E-state index contributed by atoms with van der Waals surface area (Å²) in [7, 11) is 4.73. The summed E-state index contributed by atoms with van der Waals surface area (Å²) < 4.78 is 18.0. The Hall–Kier alpha value is -4.44. The number of benzene rings is 3. The molecular weight excluding hydrogens is 518 g/mol. The monoisotopic (exact) mass is 545 g/mol. The van der Waals surface area contributed by atoms with Crippen molar-refractivity contribution in [1.82, 2.24) is 9.78 Å². The molecule has 200 valence electrons. The highest BCUT2D eigenvalue weighted by atomic mass is 32.2. The van der Waals surface area contributed by atoms with Crippen molar-refractivity contribution in [3.8, 4) is 34.2 Å². The first-order valence-electron chi connectivity index (χ1n) is 12.1. The van der Waals surface area contributed by atoms with Crippen LogP contribution >= 0.6 is 11.8 Å². The minimum atomic E-state index is -1.12. The number of carboxylic acid groups (broad SMARTS) is 1. The summed E-state index contributed by atoms with van der Waals surface area (Å²) in [5.41, 5.74) is 3.77. The van der Waals surface area contributed by atoms with E-state index in [1.807, 2.05) is 60.7 Å². The van der Waals surface area contributed by atoms with Crippen LogP contribution in [-0.4, -0.2) is 60.4 Å². The lowest BCUT2D eigenvalue weighted by Crippen LogP contribution is -2.38. The second-order valence-corrected chi connectivity index (χ2v) is 9.83. The highest BCUT2D eigenvalue weighted by Gasteiger charge is 2.38. The lowest BCUT2D eigenvalue weighted by molar-refractivity contribution is -0.136. The van der Waals surface area contributed by atoms with E-state index in [0.717, 1.165) is 16.7 Å². The number of aliphatic carboxylic acids is 1. The summed E-state index contributed by atoms with van der Waals surface area (Å²) >= 11 is 1.42. The Morgan fingerprint density at radius 2 is 1.69 bits per heavy atom. The number of carbonyl (C=O) groups excluding carboxylic acids is 1. The van der Waals surface area contributed by atoms with Crippen LogP contribution in [0.4, 0.5) is 5.82 Å². The Kier molecular flexibility index (Phi) is 7.47. The largest absolute Gasteiger partial charge is 0.497 e. The van der Waals surface area contributed by atoms with Gasteiger partial charge in [0.15, 0.2) is 11.5 Å². The van der Waals surface area contributed by atoms with Crippen LogP contribution in [0.2, 0.25) is 0 Å². The fourth-order valence-electron chi connectivity index (χ4n) is 4.65. The van der Waals surface area contributed by atoms with Crippen LogP contribution in [0.5, 0.6) is 17.2 Å². The van der Waals surface area contributed by atoms with E-state index in [1.54, 1.807) is 38.1 Å². The maximum Gasteiger partial charge on any atom is 0.323 e. The van der Waals surface area contributed by atoms with Gasteiger partial charge in [0, 0.05) is 11.1 Å². The molecular formula is C29H27N3O6S. The molecule has 1 aliphatic rings. The molecule has 0 fully saturated rings. The molecule has 3 aromatic carbocycles. The number of carbonyl (C=O) groups is 2. The predicted molar refractivity (Wildman–Crippen MR) is 149 cm³/mol. The molecule has 1 aliphatic heterocycles. The number of thioether (sulfide) groups is 1. The van der Waals surface area contributed by atoms with Gasteiger partial charge < -0.3 is 19.3 Å². The molecule has 1 N–H and O–H groups in total. The molecule has 1 unspecified atom stereocenters. The SMILES string of the molecule is COc1ccc(-n2nc(-c3ccccc3)c3c2N(CC(=O)O)C(=O)CSC3c2ccc(OC)c(OC)c2)cc1. The number of hydrogen-bond acceptors (Lipinski definition) is 7. The molecule has 0 saturated carbocycles. The average Bonchev–Trinajstić information content (AvgIpc) is 3.29. The smallest absolute Gasteiger partial charge is 0.323 e. The van der Waals surface area contributed by atoms with E-state index in [0.29, 0.717) is 34.4 Å². The normalized spacial score (nSPS) is 14.9. The van der Waals surface area contributed by atoms with Crippen molar-refractivity contribution in [3.63, 3.8) is 0 Å². The van der Waals surface area contributed by atoms with Crippen LogP contribution in [0.3, 0.4) is 0 Å². The van der Waals surface area contributed by atoms with Crippen molar-refractivity contribution in [2.24, 2.45) is 0 Å².